The third kappa shape index (κ3) is 2.17. The summed E-state index contributed by atoms with van der Waals surface area (Å²) in [5.74, 6) is -0.0362. The van der Waals surface area contributed by atoms with Gasteiger partial charge in [0, 0.05) is 0 Å². The van der Waals surface area contributed by atoms with Crippen molar-refractivity contribution in [1.82, 2.24) is 0 Å². The first-order chi connectivity index (χ1) is 6.70. The number of carbonyl (C=O) groups excluding carboxylic acids is 1. The lowest BCUT2D eigenvalue weighted by molar-refractivity contribution is 0.0523. The number of hydrogen-bond acceptors (Lipinski definition) is 3. The van der Waals surface area contributed by atoms with Crippen LogP contribution < -0.4 is 4.74 Å². The summed E-state index contributed by atoms with van der Waals surface area (Å²) >= 11 is 5.86. The van der Waals surface area contributed by atoms with Gasteiger partial charge in [0.05, 0.1) is 18.7 Å². The van der Waals surface area contributed by atoms with Crippen LogP contribution in [0.4, 0.5) is 0 Å². The maximum Gasteiger partial charge on any atom is 0.343 e. The van der Waals surface area contributed by atoms with E-state index >= 15 is 0 Å². The monoisotopic (exact) mass is 214 g/mol. The predicted octanol–water partition coefficient (Wildman–Crippen LogP) is 2.53. The van der Waals surface area contributed by atoms with Crippen molar-refractivity contribution in [2.75, 3.05) is 13.7 Å². The van der Waals surface area contributed by atoms with Crippen LogP contribution in [0.3, 0.4) is 0 Å². The number of carbonyl (C=O) groups is 1. The zero-order chi connectivity index (χ0) is 10.6. The van der Waals surface area contributed by atoms with Gasteiger partial charge in [0.1, 0.15) is 11.3 Å². The lowest BCUT2D eigenvalue weighted by Crippen LogP contribution is -2.07. The molecule has 0 aliphatic rings. The van der Waals surface area contributed by atoms with Gasteiger partial charge in [-0.05, 0) is 19.1 Å². The summed E-state index contributed by atoms with van der Waals surface area (Å²) < 4.78 is 9.86. The first-order valence-electron chi connectivity index (χ1n) is 4.20. The van der Waals surface area contributed by atoms with E-state index in [1.165, 1.54) is 7.11 Å². The van der Waals surface area contributed by atoms with Gasteiger partial charge in [-0.2, -0.15) is 0 Å². The van der Waals surface area contributed by atoms with Crippen molar-refractivity contribution in [3.05, 3.63) is 28.8 Å². The number of rotatable bonds is 3. The van der Waals surface area contributed by atoms with Crippen LogP contribution in [0.1, 0.15) is 17.3 Å². The van der Waals surface area contributed by atoms with E-state index in [0.29, 0.717) is 17.4 Å². The van der Waals surface area contributed by atoms with Crippen LogP contribution in [0.25, 0.3) is 0 Å². The van der Waals surface area contributed by atoms with Gasteiger partial charge in [0.15, 0.2) is 0 Å². The molecule has 0 atom stereocenters. The first-order valence-corrected chi connectivity index (χ1v) is 4.58. The zero-order valence-electron chi connectivity index (χ0n) is 8.04. The number of methoxy groups -OCH3 is 1. The van der Waals surface area contributed by atoms with Crippen LogP contribution in [0.5, 0.6) is 5.75 Å². The maximum atomic E-state index is 11.5. The quantitative estimate of drug-likeness (QED) is 0.726. The van der Waals surface area contributed by atoms with Crippen molar-refractivity contribution in [3.63, 3.8) is 0 Å². The Morgan fingerprint density at radius 3 is 2.79 bits per heavy atom. The highest BCUT2D eigenvalue weighted by molar-refractivity contribution is 6.34. The fourth-order valence-electron chi connectivity index (χ4n) is 1.08. The van der Waals surface area contributed by atoms with Crippen molar-refractivity contribution in [2.45, 2.75) is 6.92 Å². The van der Waals surface area contributed by atoms with E-state index in [1.54, 1.807) is 25.1 Å². The fourth-order valence-corrected chi connectivity index (χ4v) is 1.32. The third-order valence-electron chi connectivity index (χ3n) is 1.67. The molecule has 0 aliphatic heterocycles. The normalized spacial score (nSPS) is 9.64. The van der Waals surface area contributed by atoms with Crippen LogP contribution in [0.2, 0.25) is 5.02 Å². The Bertz CT molecular complexity index is 336. The van der Waals surface area contributed by atoms with E-state index in [9.17, 15) is 4.79 Å². The Hall–Kier alpha value is -1.22. The summed E-state index contributed by atoms with van der Waals surface area (Å²) in [5.41, 5.74) is 0.276. The average molecular weight is 215 g/mol. The Labute approximate surface area is 87.6 Å². The molecule has 14 heavy (non-hydrogen) atoms. The minimum Gasteiger partial charge on any atom is -0.496 e. The van der Waals surface area contributed by atoms with Gasteiger partial charge in [-0.1, -0.05) is 17.7 Å². The van der Waals surface area contributed by atoms with Crippen LogP contribution >= 0.6 is 11.6 Å². The van der Waals surface area contributed by atoms with Gasteiger partial charge in [0.2, 0.25) is 0 Å². The number of halogens is 1. The van der Waals surface area contributed by atoms with Gasteiger partial charge in [-0.25, -0.2) is 4.79 Å². The van der Waals surface area contributed by atoms with E-state index in [1.807, 2.05) is 0 Å². The van der Waals surface area contributed by atoms with Gasteiger partial charge in [0.25, 0.3) is 0 Å². The molecule has 0 heterocycles. The maximum absolute atomic E-state index is 11.5. The van der Waals surface area contributed by atoms with E-state index in [2.05, 4.69) is 0 Å². The SMILES string of the molecule is CCOC(=O)c1c(Cl)cccc1OC. The second-order valence-electron chi connectivity index (χ2n) is 2.54. The molecule has 0 bridgehead atoms. The highest BCUT2D eigenvalue weighted by Crippen LogP contribution is 2.26. The van der Waals surface area contributed by atoms with E-state index < -0.39 is 5.97 Å². The van der Waals surface area contributed by atoms with Crippen LogP contribution in [0, 0.1) is 0 Å². The largest absolute Gasteiger partial charge is 0.496 e. The Kier molecular flexibility index (Phi) is 3.77. The lowest BCUT2D eigenvalue weighted by Gasteiger charge is -2.08. The summed E-state index contributed by atoms with van der Waals surface area (Å²) in [5, 5.41) is 0.336. The van der Waals surface area contributed by atoms with Crippen molar-refractivity contribution in [2.24, 2.45) is 0 Å². The highest BCUT2D eigenvalue weighted by Gasteiger charge is 2.16. The number of benzene rings is 1. The average Bonchev–Trinajstić information content (AvgIpc) is 2.17. The molecule has 4 heteroatoms. The van der Waals surface area contributed by atoms with Crippen molar-refractivity contribution >= 4 is 17.6 Å². The molecule has 1 rings (SSSR count). The molecule has 1 aromatic rings. The molecule has 0 N–H and O–H groups in total. The van der Waals surface area contributed by atoms with Crippen LogP contribution in [-0.2, 0) is 4.74 Å². The molecule has 0 aromatic heterocycles. The minimum atomic E-state index is -0.463. The van der Waals surface area contributed by atoms with Gasteiger partial charge in [-0.3, -0.25) is 0 Å². The van der Waals surface area contributed by atoms with Crippen molar-refractivity contribution in [1.29, 1.82) is 0 Å². The predicted molar refractivity (Wildman–Crippen MR) is 54.0 cm³/mol. The van der Waals surface area contributed by atoms with Crippen molar-refractivity contribution in [3.8, 4) is 5.75 Å². The molecule has 0 saturated heterocycles. The smallest absolute Gasteiger partial charge is 0.343 e. The molecule has 1 aromatic carbocycles. The minimum absolute atomic E-state index is 0.276. The molecule has 0 fully saturated rings. The Morgan fingerprint density at radius 1 is 1.50 bits per heavy atom. The number of esters is 1. The Balaban J connectivity index is 3.10. The van der Waals surface area contributed by atoms with Gasteiger partial charge < -0.3 is 9.47 Å². The van der Waals surface area contributed by atoms with E-state index in [0.717, 1.165) is 0 Å². The van der Waals surface area contributed by atoms with Crippen molar-refractivity contribution < 1.29 is 14.3 Å². The second kappa shape index (κ2) is 4.86. The van der Waals surface area contributed by atoms with Crippen LogP contribution in [0.15, 0.2) is 18.2 Å². The van der Waals surface area contributed by atoms with Gasteiger partial charge >= 0.3 is 5.97 Å². The third-order valence-corrected chi connectivity index (χ3v) is 1.99. The molecule has 3 nitrogen and oxygen atoms in total. The topological polar surface area (TPSA) is 35.5 Å². The molecule has 0 amide bonds. The fraction of sp³-hybridized carbons (Fsp3) is 0.300. The molecular formula is C10H11ClO3. The molecule has 0 radical (unpaired) electrons. The van der Waals surface area contributed by atoms with E-state index in [-0.39, 0.29) is 5.56 Å². The summed E-state index contributed by atoms with van der Waals surface area (Å²) in [4.78, 5) is 11.5. The molecule has 76 valence electrons. The molecule has 0 spiro atoms. The lowest BCUT2D eigenvalue weighted by atomic mass is 10.2. The number of hydrogen-bond donors (Lipinski definition) is 0. The molecular weight excluding hydrogens is 204 g/mol. The van der Waals surface area contributed by atoms with E-state index in [4.69, 9.17) is 21.1 Å². The highest BCUT2D eigenvalue weighted by atomic mass is 35.5. The summed E-state index contributed by atoms with van der Waals surface area (Å²) in [7, 11) is 1.48. The zero-order valence-corrected chi connectivity index (χ0v) is 8.80. The summed E-state index contributed by atoms with van der Waals surface area (Å²) in [6.45, 7) is 2.05. The number of ether oxygens (including phenoxy) is 2. The van der Waals surface area contributed by atoms with Gasteiger partial charge in [-0.15, -0.1) is 0 Å². The molecule has 0 unspecified atom stereocenters. The van der Waals surface area contributed by atoms with Crippen LogP contribution in [-0.4, -0.2) is 19.7 Å². The molecule has 0 aliphatic carbocycles. The standard InChI is InChI=1S/C10H11ClO3/c1-3-14-10(12)9-7(11)5-4-6-8(9)13-2/h4-6H,3H2,1-2H3. The second-order valence-corrected chi connectivity index (χ2v) is 2.94. The first kappa shape index (κ1) is 10.9. The summed E-state index contributed by atoms with van der Waals surface area (Å²) in [6, 6.07) is 5.00. The Morgan fingerprint density at radius 2 is 2.21 bits per heavy atom. The molecule has 0 saturated carbocycles. The summed E-state index contributed by atoms with van der Waals surface area (Å²) in [6.07, 6.45) is 0.